The van der Waals surface area contributed by atoms with Gasteiger partial charge in [0, 0.05) is 24.8 Å². The highest BCUT2D eigenvalue weighted by Gasteiger charge is 2.69. The topological polar surface area (TPSA) is 59.4 Å². The molecule has 0 amide bonds. The monoisotopic (exact) mass is 379 g/mol. The van der Waals surface area contributed by atoms with Crippen LogP contribution in [0.2, 0.25) is 0 Å². The van der Waals surface area contributed by atoms with Gasteiger partial charge in [-0.3, -0.25) is 0 Å². The Morgan fingerprint density at radius 2 is 1.58 bits per heavy atom. The second-order valence-corrected chi connectivity index (χ2v) is 5.35. The largest absolute Gasteiger partial charge is 0.478 e. The van der Waals surface area contributed by atoms with Crippen molar-refractivity contribution >= 4 is 5.97 Å². The summed E-state index contributed by atoms with van der Waals surface area (Å²) in [6.45, 7) is -0.287. The van der Waals surface area contributed by atoms with Crippen molar-refractivity contribution < 1.29 is 41.0 Å². The number of aromatic carboxylic acids is 1. The summed E-state index contributed by atoms with van der Waals surface area (Å²) in [4.78, 5) is 14.4. The van der Waals surface area contributed by atoms with Crippen LogP contribution >= 0.6 is 0 Å². The Labute approximate surface area is 143 Å². The molecule has 1 N–H and O–H groups in total. The third-order valence-corrected chi connectivity index (χ3v) is 3.37. The van der Waals surface area contributed by atoms with E-state index in [0.29, 0.717) is 12.1 Å². The van der Waals surface area contributed by atoms with Gasteiger partial charge in [0.15, 0.2) is 0 Å². The SMILES string of the molecule is CC(F)(F)C(F)(F)C(F)(F)c1ccc(Oc2ccc(C(=O)O)cn2)cc1. The maximum absolute atomic E-state index is 13.8. The first kappa shape index (κ1) is 19.5. The minimum atomic E-state index is -5.59. The number of benzene rings is 1. The van der Waals surface area contributed by atoms with Crippen LogP contribution in [-0.2, 0) is 5.92 Å². The van der Waals surface area contributed by atoms with E-state index < -0.39 is 29.3 Å². The van der Waals surface area contributed by atoms with Crippen molar-refractivity contribution in [2.24, 2.45) is 0 Å². The van der Waals surface area contributed by atoms with Crippen molar-refractivity contribution in [2.45, 2.75) is 24.7 Å². The van der Waals surface area contributed by atoms with Crippen LogP contribution in [0.5, 0.6) is 11.6 Å². The summed E-state index contributed by atoms with van der Waals surface area (Å²) in [7, 11) is 0. The fraction of sp³-hybridized carbons (Fsp3) is 0.250. The van der Waals surface area contributed by atoms with E-state index in [2.05, 4.69) is 4.98 Å². The van der Waals surface area contributed by atoms with Gasteiger partial charge in [0.2, 0.25) is 5.88 Å². The van der Waals surface area contributed by atoms with Crippen LogP contribution in [-0.4, -0.2) is 27.9 Å². The fourth-order valence-corrected chi connectivity index (χ4v) is 1.88. The van der Waals surface area contributed by atoms with E-state index in [4.69, 9.17) is 9.84 Å². The quantitative estimate of drug-likeness (QED) is 0.722. The van der Waals surface area contributed by atoms with E-state index in [9.17, 15) is 31.1 Å². The van der Waals surface area contributed by atoms with E-state index in [1.54, 1.807) is 0 Å². The number of carboxylic acid groups (broad SMARTS) is 1. The van der Waals surface area contributed by atoms with Crippen LogP contribution in [0, 0.1) is 0 Å². The highest BCUT2D eigenvalue weighted by Crippen LogP contribution is 2.51. The lowest BCUT2D eigenvalue weighted by atomic mass is 9.98. The Hall–Kier alpha value is -2.78. The lowest BCUT2D eigenvalue weighted by molar-refractivity contribution is -0.308. The first-order chi connectivity index (χ1) is 11.9. The molecule has 0 saturated carbocycles. The molecule has 140 valence electrons. The maximum Gasteiger partial charge on any atom is 0.375 e. The number of alkyl halides is 6. The molecule has 0 saturated heterocycles. The molecule has 0 aliphatic heterocycles. The third kappa shape index (κ3) is 3.58. The lowest BCUT2D eigenvalue weighted by Crippen LogP contribution is -2.50. The minimum Gasteiger partial charge on any atom is -0.478 e. The number of halogens is 6. The summed E-state index contributed by atoms with van der Waals surface area (Å²) in [5, 5.41) is 8.73. The lowest BCUT2D eigenvalue weighted by Gasteiger charge is -2.31. The van der Waals surface area contributed by atoms with E-state index in [0.717, 1.165) is 18.3 Å². The average molecular weight is 379 g/mol. The Morgan fingerprint density at radius 3 is 2.00 bits per heavy atom. The normalized spacial score (nSPS) is 12.7. The summed E-state index contributed by atoms with van der Waals surface area (Å²) >= 11 is 0. The summed E-state index contributed by atoms with van der Waals surface area (Å²) in [5.41, 5.74) is -1.43. The van der Waals surface area contributed by atoms with E-state index >= 15 is 0 Å². The number of carboxylic acids is 1. The van der Waals surface area contributed by atoms with Gasteiger partial charge in [-0.05, 0) is 30.3 Å². The van der Waals surface area contributed by atoms with Crippen molar-refractivity contribution in [2.75, 3.05) is 0 Å². The maximum atomic E-state index is 13.8. The zero-order valence-electron chi connectivity index (χ0n) is 13.0. The van der Waals surface area contributed by atoms with Gasteiger partial charge < -0.3 is 9.84 Å². The third-order valence-electron chi connectivity index (χ3n) is 3.37. The first-order valence-electron chi connectivity index (χ1n) is 6.97. The summed E-state index contributed by atoms with van der Waals surface area (Å²) in [5.74, 6) is -17.0. The van der Waals surface area contributed by atoms with Crippen molar-refractivity contribution in [3.63, 3.8) is 0 Å². The highest BCUT2D eigenvalue weighted by molar-refractivity contribution is 5.87. The molecule has 0 unspecified atom stereocenters. The standard InChI is InChI=1S/C16H11F6NO3/c1-14(17,18)16(21,22)15(19,20)10-3-5-11(6-4-10)26-12-7-2-9(8-23-12)13(24)25/h2-8H,1H3,(H,24,25). The van der Waals surface area contributed by atoms with Crippen molar-refractivity contribution in [3.8, 4) is 11.6 Å². The van der Waals surface area contributed by atoms with Crippen LogP contribution in [0.15, 0.2) is 42.6 Å². The molecule has 0 fully saturated rings. The minimum absolute atomic E-state index is 0.0834. The Morgan fingerprint density at radius 1 is 1.00 bits per heavy atom. The molecule has 0 aliphatic rings. The number of rotatable bonds is 6. The van der Waals surface area contributed by atoms with Crippen molar-refractivity contribution in [3.05, 3.63) is 53.7 Å². The smallest absolute Gasteiger partial charge is 0.375 e. The second kappa shape index (κ2) is 6.50. The molecule has 26 heavy (non-hydrogen) atoms. The molecule has 0 aliphatic carbocycles. The first-order valence-corrected chi connectivity index (χ1v) is 6.97. The Bertz CT molecular complexity index is 785. The van der Waals surface area contributed by atoms with E-state index in [-0.39, 0.29) is 24.1 Å². The molecular formula is C16H11F6NO3. The number of hydrogen-bond acceptors (Lipinski definition) is 3. The molecule has 0 radical (unpaired) electrons. The molecule has 4 nitrogen and oxygen atoms in total. The number of hydrogen-bond donors (Lipinski definition) is 1. The zero-order valence-corrected chi connectivity index (χ0v) is 13.0. The second-order valence-electron chi connectivity index (χ2n) is 5.35. The van der Waals surface area contributed by atoms with Gasteiger partial charge in [-0.25, -0.2) is 9.78 Å². The van der Waals surface area contributed by atoms with Gasteiger partial charge in [-0.15, -0.1) is 0 Å². The number of carbonyl (C=O) groups is 1. The average Bonchev–Trinajstić information content (AvgIpc) is 2.54. The molecule has 10 heteroatoms. The van der Waals surface area contributed by atoms with Gasteiger partial charge in [0.1, 0.15) is 5.75 Å². The highest BCUT2D eigenvalue weighted by atomic mass is 19.3. The van der Waals surface area contributed by atoms with Gasteiger partial charge >= 0.3 is 23.7 Å². The molecule has 2 aromatic rings. The van der Waals surface area contributed by atoms with E-state index in [1.165, 1.54) is 12.1 Å². The van der Waals surface area contributed by atoms with Gasteiger partial charge in [0.25, 0.3) is 0 Å². The number of aromatic nitrogens is 1. The van der Waals surface area contributed by atoms with Crippen LogP contribution in [0.1, 0.15) is 22.8 Å². The summed E-state index contributed by atoms with van der Waals surface area (Å²) in [6.07, 6.45) is 0.990. The molecule has 2 rings (SSSR count). The molecule has 1 aromatic heterocycles. The molecule has 1 heterocycles. The molecular weight excluding hydrogens is 368 g/mol. The predicted octanol–water partition coefficient (Wildman–Crippen LogP) is 4.95. The van der Waals surface area contributed by atoms with Crippen molar-refractivity contribution in [1.29, 1.82) is 0 Å². The van der Waals surface area contributed by atoms with Crippen LogP contribution in [0.25, 0.3) is 0 Å². The predicted molar refractivity (Wildman–Crippen MR) is 77.2 cm³/mol. The van der Waals surface area contributed by atoms with Crippen molar-refractivity contribution in [1.82, 2.24) is 4.98 Å². The van der Waals surface area contributed by atoms with Crippen LogP contribution < -0.4 is 4.74 Å². The zero-order chi connectivity index (χ0) is 19.8. The van der Waals surface area contributed by atoms with Crippen LogP contribution in [0.4, 0.5) is 26.3 Å². The molecule has 1 aromatic carbocycles. The molecule has 0 bridgehead atoms. The number of nitrogens with zero attached hydrogens (tertiary/aromatic N) is 1. The number of ether oxygens (including phenoxy) is 1. The summed E-state index contributed by atoms with van der Waals surface area (Å²) < 4.78 is 85.1. The molecule has 0 atom stereocenters. The van der Waals surface area contributed by atoms with Gasteiger partial charge in [-0.2, -0.15) is 26.3 Å². The van der Waals surface area contributed by atoms with Gasteiger partial charge in [-0.1, -0.05) is 0 Å². The Kier molecular flexibility index (Phi) is 4.89. The molecule has 0 spiro atoms. The fourth-order valence-electron chi connectivity index (χ4n) is 1.88. The number of pyridine rings is 1. The summed E-state index contributed by atoms with van der Waals surface area (Å²) in [6, 6.07) is 5.18. The van der Waals surface area contributed by atoms with E-state index in [1.807, 2.05) is 0 Å². The Balaban J connectivity index is 2.21. The van der Waals surface area contributed by atoms with Crippen LogP contribution in [0.3, 0.4) is 0 Å². The van der Waals surface area contributed by atoms with Gasteiger partial charge in [0.05, 0.1) is 5.56 Å².